The van der Waals surface area contributed by atoms with Crippen LogP contribution in [-0.4, -0.2) is 5.91 Å². The number of rotatable bonds is 3. The number of hydrogen-bond donors (Lipinski definition) is 1. The zero-order chi connectivity index (χ0) is 16.5. The predicted octanol–water partition coefficient (Wildman–Crippen LogP) is 4.70. The van der Waals surface area contributed by atoms with E-state index in [0.717, 1.165) is 39.3 Å². The van der Waals surface area contributed by atoms with Crippen molar-refractivity contribution in [3.05, 3.63) is 83.4 Å². The lowest BCUT2D eigenvalue weighted by Crippen LogP contribution is -2.12. The molecule has 4 rings (SSSR count). The Bertz CT molecular complexity index is 916. The van der Waals surface area contributed by atoms with Crippen LogP contribution in [0.5, 0.6) is 11.5 Å². The molecule has 0 aromatic heterocycles. The van der Waals surface area contributed by atoms with Gasteiger partial charge in [0.1, 0.15) is 11.5 Å². The first-order chi connectivity index (χ1) is 11.7. The van der Waals surface area contributed by atoms with Crippen LogP contribution in [0, 0.1) is 6.92 Å². The molecule has 0 saturated carbocycles. The molecule has 1 aliphatic rings. The lowest BCUT2D eigenvalue weighted by molar-refractivity contribution is 0.0966. The van der Waals surface area contributed by atoms with Gasteiger partial charge in [0, 0.05) is 12.1 Å². The molecule has 0 atom stereocenters. The van der Waals surface area contributed by atoms with Gasteiger partial charge in [0.15, 0.2) is 0 Å². The summed E-state index contributed by atoms with van der Waals surface area (Å²) in [6, 6.07) is 21.7. The van der Waals surface area contributed by atoms with Gasteiger partial charge in [-0.05, 0) is 59.5 Å². The Morgan fingerprint density at radius 1 is 0.833 bits per heavy atom. The van der Waals surface area contributed by atoms with Gasteiger partial charge in [-0.25, -0.2) is 0 Å². The van der Waals surface area contributed by atoms with Crippen molar-refractivity contribution in [2.45, 2.75) is 13.5 Å². The molecule has 0 bridgehead atoms. The van der Waals surface area contributed by atoms with E-state index in [1.165, 1.54) is 0 Å². The van der Waals surface area contributed by atoms with E-state index >= 15 is 0 Å². The van der Waals surface area contributed by atoms with E-state index in [1.54, 1.807) is 0 Å². The molecule has 3 aromatic carbocycles. The Kier molecular flexibility index (Phi) is 3.54. The number of amides is 1. The van der Waals surface area contributed by atoms with Crippen LogP contribution in [0.2, 0.25) is 0 Å². The highest BCUT2D eigenvalue weighted by molar-refractivity contribution is 6.00. The number of benzene rings is 3. The van der Waals surface area contributed by atoms with Crippen molar-refractivity contribution in [3.8, 4) is 22.6 Å². The summed E-state index contributed by atoms with van der Waals surface area (Å²) >= 11 is 0. The maximum atomic E-state index is 11.9. The normalized spacial score (nSPS) is 12.6. The van der Waals surface area contributed by atoms with Crippen molar-refractivity contribution in [1.29, 1.82) is 0 Å². The van der Waals surface area contributed by atoms with Gasteiger partial charge in [0.2, 0.25) is 0 Å². The third-order valence-electron chi connectivity index (χ3n) is 4.31. The fraction of sp³-hybridized carbons (Fsp3) is 0.0952. The number of aryl methyl sites for hydroxylation is 1. The van der Waals surface area contributed by atoms with Crippen LogP contribution >= 0.6 is 0 Å². The van der Waals surface area contributed by atoms with Crippen molar-refractivity contribution in [2.24, 2.45) is 0 Å². The van der Waals surface area contributed by atoms with Crippen molar-refractivity contribution < 1.29 is 9.53 Å². The molecule has 0 spiro atoms. The lowest BCUT2D eigenvalue weighted by atomic mass is 9.94. The standard InChI is InChI=1S/C21H17NO2/c1-14-12-16(24-15-6-3-2-4-7-15)10-11-17(14)18-8-5-9-19-20(18)13-22-21(19)23/h2-12H,13H2,1H3,(H,22,23). The summed E-state index contributed by atoms with van der Waals surface area (Å²) in [5.41, 5.74) is 5.20. The highest BCUT2D eigenvalue weighted by atomic mass is 16.5. The zero-order valence-electron chi connectivity index (χ0n) is 13.4. The summed E-state index contributed by atoms with van der Waals surface area (Å²) in [7, 11) is 0. The highest BCUT2D eigenvalue weighted by Gasteiger charge is 2.22. The molecule has 0 fully saturated rings. The van der Waals surface area contributed by atoms with E-state index in [1.807, 2.05) is 54.6 Å². The van der Waals surface area contributed by atoms with Crippen LogP contribution in [0.25, 0.3) is 11.1 Å². The van der Waals surface area contributed by atoms with E-state index in [0.29, 0.717) is 6.54 Å². The van der Waals surface area contributed by atoms with Crippen molar-refractivity contribution in [3.63, 3.8) is 0 Å². The van der Waals surface area contributed by atoms with Crippen LogP contribution in [-0.2, 0) is 6.54 Å². The van der Waals surface area contributed by atoms with E-state index in [-0.39, 0.29) is 5.91 Å². The molecule has 0 aliphatic carbocycles. The molecular weight excluding hydrogens is 298 g/mol. The third-order valence-corrected chi connectivity index (χ3v) is 4.31. The van der Waals surface area contributed by atoms with Crippen molar-refractivity contribution >= 4 is 5.91 Å². The van der Waals surface area contributed by atoms with Gasteiger partial charge in [-0.1, -0.05) is 36.4 Å². The third kappa shape index (κ3) is 2.54. The molecule has 3 heteroatoms. The highest BCUT2D eigenvalue weighted by Crippen LogP contribution is 2.33. The molecule has 0 saturated heterocycles. The summed E-state index contributed by atoms with van der Waals surface area (Å²) in [5, 5.41) is 2.90. The second kappa shape index (κ2) is 5.85. The van der Waals surface area contributed by atoms with E-state index in [2.05, 4.69) is 24.4 Å². The summed E-state index contributed by atoms with van der Waals surface area (Å²) < 4.78 is 5.89. The predicted molar refractivity (Wildman–Crippen MR) is 94.3 cm³/mol. The zero-order valence-corrected chi connectivity index (χ0v) is 13.4. The minimum Gasteiger partial charge on any atom is -0.457 e. The minimum atomic E-state index is 0.00790. The topological polar surface area (TPSA) is 38.3 Å². The van der Waals surface area contributed by atoms with Crippen molar-refractivity contribution in [2.75, 3.05) is 0 Å². The maximum absolute atomic E-state index is 11.9. The molecule has 118 valence electrons. The number of carbonyl (C=O) groups excluding carboxylic acids is 1. The van der Waals surface area contributed by atoms with Gasteiger partial charge in [-0.3, -0.25) is 4.79 Å². The van der Waals surface area contributed by atoms with E-state index in [4.69, 9.17) is 4.74 Å². The van der Waals surface area contributed by atoms with Gasteiger partial charge in [-0.2, -0.15) is 0 Å². The van der Waals surface area contributed by atoms with Crippen LogP contribution in [0.4, 0.5) is 0 Å². The average molecular weight is 315 g/mol. The summed E-state index contributed by atoms with van der Waals surface area (Å²) in [6.07, 6.45) is 0. The first-order valence-corrected chi connectivity index (χ1v) is 7.96. The number of nitrogens with one attached hydrogen (secondary N) is 1. The van der Waals surface area contributed by atoms with Crippen LogP contribution in [0.3, 0.4) is 0 Å². The Morgan fingerprint density at radius 2 is 1.62 bits per heavy atom. The summed E-state index contributed by atoms with van der Waals surface area (Å²) in [6.45, 7) is 2.66. The SMILES string of the molecule is Cc1cc(Oc2ccccc2)ccc1-c1cccc2c1CNC2=O. The Hall–Kier alpha value is -3.07. The molecule has 0 unspecified atom stereocenters. The number of carbonyl (C=O) groups is 1. The van der Waals surface area contributed by atoms with Crippen LogP contribution < -0.4 is 10.1 Å². The Balaban J connectivity index is 1.70. The van der Waals surface area contributed by atoms with Crippen LogP contribution in [0.1, 0.15) is 21.5 Å². The number of para-hydroxylation sites is 1. The van der Waals surface area contributed by atoms with Crippen LogP contribution in [0.15, 0.2) is 66.7 Å². The number of ether oxygens (including phenoxy) is 1. The van der Waals surface area contributed by atoms with Gasteiger partial charge in [-0.15, -0.1) is 0 Å². The van der Waals surface area contributed by atoms with Crippen molar-refractivity contribution in [1.82, 2.24) is 5.32 Å². The fourth-order valence-electron chi connectivity index (χ4n) is 3.13. The quantitative estimate of drug-likeness (QED) is 0.761. The lowest BCUT2D eigenvalue weighted by Gasteiger charge is -2.12. The van der Waals surface area contributed by atoms with Gasteiger partial charge in [0.25, 0.3) is 5.91 Å². The molecule has 0 radical (unpaired) electrons. The largest absolute Gasteiger partial charge is 0.457 e. The van der Waals surface area contributed by atoms with Gasteiger partial charge < -0.3 is 10.1 Å². The Morgan fingerprint density at radius 3 is 2.42 bits per heavy atom. The molecule has 3 nitrogen and oxygen atoms in total. The molecular formula is C21H17NO2. The first kappa shape index (κ1) is 14.5. The van der Waals surface area contributed by atoms with E-state index in [9.17, 15) is 4.79 Å². The second-order valence-electron chi connectivity index (χ2n) is 5.91. The summed E-state index contributed by atoms with van der Waals surface area (Å²) in [4.78, 5) is 11.9. The molecule has 1 N–H and O–H groups in total. The molecule has 3 aromatic rings. The minimum absolute atomic E-state index is 0.00790. The molecule has 24 heavy (non-hydrogen) atoms. The Labute approximate surface area is 140 Å². The first-order valence-electron chi connectivity index (χ1n) is 7.96. The number of fused-ring (bicyclic) bond motifs is 1. The molecule has 1 heterocycles. The maximum Gasteiger partial charge on any atom is 0.251 e. The smallest absolute Gasteiger partial charge is 0.251 e. The molecule has 1 aliphatic heterocycles. The monoisotopic (exact) mass is 315 g/mol. The van der Waals surface area contributed by atoms with Gasteiger partial charge in [0.05, 0.1) is 0 Å². The second-order valence-corrected chi connectivity index (χ2v) is 5.91. The fourth-order valence-corrected chi connectivity index (χ4v) is 3.13. The van der Waals surface area contributed by atoms with E-state index < -0.39 is 0 Å². The average Bonchev–Trinajstić information content (AvgIpc) is 2.98. The molecule has 1 amide bonds. The summed E-state index contributed by atoms with van der Waals surface area (Å²) in [5.74, 6) is 1.64. The van der Waals surface area contributed by atoms with Gasteiger partial charge >= 0.3 is 0 Å². The number of hydrogen-bond acceptors (Lipinski definition) is 2.